The number of rotatable bonds is 7. The Hall–Kier alpha value is -2.40. The number of hydrogen-bond donors (Lipinski definition) is 1. The molecule has 1 N–H and O–H groups in total. The lowest BCUT2D eigenvalue weighted by Crippen LogP contribution is -2.40. The number of aryl methyl sites for hydroxylation is 1. The maximum Gasteiger partial charge on any atom is 0.263 e. The fraction of sp³-hybridized carbons (Fsp3) is 0.500. The maximum absolute atomic E-state index is 12.7. The van der Waals surface area contributed by atoms with Crippen LogP contribution in [0.15, 0.2) is 47.4 Å². The third kappa shape index (κ3) is 4.96. The smallest absolute Gasteiger partial charge is 0.263 e. The zero-order valence-electron chi connectivity index (χ0n) is 17.3. The van der Waals surface area contributed by atoms with Gasteiger partial charge in [-0.05, 0) is 75.2 Å². The topological polar surface area (TPSA) is 54.3 Å². The molecule has 0 bridgehead atoms. The Morgan fingerprint density at radius 3 is 2.48 bits per heavy atom. The molecule has 2 fully saturated rings. The van der Waals surface area contributed by atoms with Crippen LogP contribution in [0.4, 0.5) is 0 Å². The molecule has 1 aromatic heterocycles. The van der Waals surface area contributed by atoms with Crippen molar-refractivity contribution >= 4 is 5.91 Å². The standard InChI is InChI=1S/C24H31N3O2/c1-18-9-16-27(21-7-8-21)24(29)22(18)23(28)25-17-20-11-14-26(15-12-20)13-10-19-5-3-2-4-6-19/h2-6,9,16,20-21H,7-8,10-15,17H2,1H3,(H,25,28). The van der Waals surface area contributed by atoms with Crippen molar-refractivity contribution in [1.82, 2.24) is 14.8 Å². The second-order valence-corrected chi connectivity index (χ2v) is 8.55. The minimum atomic E-state index is -0.214. The Balaban J connectivity index is 1.25. The van der Waals surface area contributed by atoms with Crippen molar-refractivity contribution in [2.75, 3.05) is 26.2 Å². The fourth-order valence-corrected chi connectivity index (χ4v) is 4.23. The van der Waals surface area contributed by atoms with Gasteiger partial charge >= 0.3 is 0 Å². The van der Waals surface area contributed by atoms with Gasteiger partial charge in [-0.3, -0.25) is 9.59 Å². The molecule has 1 amide bonds. The highest BCUT2D eigenvalue weighted by molar-refractivity contribution is 5.95. The fourth-order valence-electron chi connectivity index (χ4n) is 4.23. The molecule has 5 heteroatoms. The van der Waals surface area contributed by atoms with Gasteiger partial charge in [-0.25, -0.2) is 0 Å². The summed E-state index contributed by atoms with van der Waals surface area (Å²) in [4.78, 5) is 27.9. The van der Waals surface area contributed by atoms with Crippen LogP contribution in [0.1, 0.15) is 53.2 Å². The van der Waals surface area contributed by atoms with Gasteiger partial charge < -0.3 is 14.8 Å². The first-order valence-corrected chi connectivity index (χ1v) is 10.9. The van der Waals surface area contributed by atoms with E-state index in [0.717, 1.165) is 57.3 Å². The first-order valence-electron chi connectivity index (χ1n) is 10.9. The number of carbonyl (C=O) groups excluding carboxylic acids is 1. The second kappa shape index (κ2) is 8.95. The van der Waals surface area contributed by atoms with Gasteiger partial charge in [0.15, 0.2) is 0 Å². The average molecular weight is 394 g/mol. The molecular formula is C24H31N3O2. The van der Waals surface area contributed by atoms with Gasteiger partial charge in [-0.2, -0.15) is 0 Å². The minimum Gasteiger partial charge on any atom is -0.352 e. The van der Waals surface area contributed by atoms with E-state index in [1.165, 1.54) is 5.56 Å². The molecule has 1 aliphatic carbocycles. The average Bonchev–Trinajstić information content (AvgIpc) is 3.57. The van der Waals surface area contributed by atoms with Crippen molar-refractivity contribution in [2.45, 2.75) is 45.1 Å². The van der Waals surface area contributed by atoms with Crippen LogP contribution in [0.25, 0.3) is 0 Å². The monoisotopic (exact) mass is 393 g/mol. The number of carbonyl (C=O) groups is 1. The van der Waals surface area contributed by atoms with Gasteiger partial charge in [0.25, 0.3) is 11.5 Å². The Labute approximate surface area is 172 Å². The molecule has 4 rings (SSSR count). The number of nitrogens with one attached hydrogen (secondary N) is 1. The van der Waals surface area contributed by atoms with Gasteiger partial charge in [-0.15, -0.1) is 0 Å². The van der Waals surface area contributed by atoms with E-state index in [2.05, 4.69) is 40.5 Å². The van der Waals surface area contributed by atoms with E-state index in [0.29, 0.717) is 18.0 Å². The summed E-state index contributed by atoms with van der Waals surface area (Å²) in [6.07, 6.45) is 7.17. The van der Waals surface area contributed by atoms with E-state index < -0.39 is 0 Å². The third-order valence-corrected chi connectivity index (χ3v) is 6.31. The van der Waals surface area contributed by atoms with E-state index in [9.17, 15) is 9.59 Å². The lowest BCUT2D eigenvalue weighted by Gasteiger charge is -2.32. The van der Waals surface area contributed by atoms with Crippen molar-refractivity contribution in [3.8, 4) is 0 Å². The number of likely N-dealkylation sites (tertiary alicyclic amines) is 1. The number of amides is 1. The number of nitrogens with zero attached hydrogens (tertiary/aromatic N) is 2. The predicted octanol–water partition coefficient (Wildman–Crippen LogP) is 3.18. The summed E-state index contributed by atoms with van der Waals surface area (Å²) in [6, 6.07) is 12.8. The zero-order valence-corrected chi connectivity index (χ0v) is 17.3. The SMILES string of the molecule is Cc1ccn(C2CC2)c(=O)c1C(=O)NCC1CCN(CCc2ccccc2)CC1. The number of hydrogen-bond acceptors (Lipinski definition) is 3. The third-order valence-electron chi connectivity index (χ3n) is 6.31. The normalized spacial score (nSPS) is 18.0. The van der Waals surface area contributed by atoms with Gasteiger partial charge in [0.1, 0.15) is 5.56 Å². The van der Waals surface area contributed by atoms with Crippen molar-refractivity contribution in [1.29, 1.82) is 0 Å². The lowest BCUT2D eigenvalue weighted by atomic mass is 9.96. The van der Waals surface area contributed by atoms with Gasteiger partial charge in [0.2, 0.25) is 0 Å². The summed E-state index contributed by atoms with van der Waals surface area (Å²) in [5.74, 6) is 0.274. The highest BCUT2D eigenvalue weighted by Crippen LogP contribution is 2.33. The number of piperidine rings is 1. The summed E-state index contributed by atoms with van der Waals surface area (Å²) in [6.45, 7) is 5.74. The van der Waals surface area contributed by atoms with Crippen molar-refractivity contribution in [3.05, 3.63) is 69.6 Å². The van der Waals surface area contributed by atoms with E-state index in [1.807, 2.05) is 19.2 Å². The maximum atomic E-state index is 12.7. The van der Waals surface area contributed by atoms with E-state index in [1.54, 1.807) is 4.57 Å². The summed E-state index contributed by atoms with van der Waals surface area (Å²) in [5, 5.41) is 3.04. The molecule has 2 aliphatic rings. The van der Waals surface area contributed by atoms with Crippen LogP contribution in [-0.2, 0) is 6.42 Å². The van der Waals surface area contributed by atoms with E-state index >= 15 is 0 Å². The first-order chi connectivity index (χ1) is 14.1. The minimum absolute atomic E-state index is 0.138. The molecular weight excluding hydrogens is 362 g/mol. The number of benzene rings is 1. The largest absolute Gasteiger partial charge is 0.352 e. The summed E-state index contributed by atoms with van der Waals surface area (Å²) < 4.78 is 1.73. The van der Waals surface area contributed by atoms with Crippen LogP contribution in [-0.4, -0.2) is 41.6 Å². The first kappa shape index (κ1) is 19.9. The molecule has 5 nitrogen and oxygen atoms in total. The molecule has 2 aromatic rings. The van der Waals surface area contributed by atoms with Gasteiger partial charge in [-0.1, -0.05) is 30.3 Å². The number of pyridine rings is 1. The molecule has 0 spiro atoms. The Bertz CT molecular complexity index is 894. The van der Waals surface area contributed by atoms with Gasteiger partial charge in [0, 0.05) is 25.3 Å². The highest BCUT2D eigenvalue weighted by Gasteiger charge is 2.27. The quantitative estimate of drug-likeness (QED) is 0.786. The zero-order chi connectivity index (χ0) is 20.2. The van der Waals surface area contributed by atoms with Gasteiger partial charge in [0.05, 0.1) is 0 Å². The molecule has 2 heterocycles. The molecule has 0 radical (unpaired) electrons. The highest BCUT2D eigenvalue weighted by atomic mass is 16.2. The summed E-state index contributed by atoms with van der Waals surface area (Å²) >= 11 is 0. The van der Waals surface area contributed by atoms with Crippen LogP contribution in [0.5, 0.6) is 0 Å². The molecule has 0 unspecified atom stereocenters. The second-order valence-electron chi connectivity index (χ2n) is 8.55. The molecule has 1 aromatic carbocycles. The van der Waals surface area contributed by atoms with Crippen LogP contribution in [0, 0.1) is 12.8 Å². The Kier molecular flexibility index (Phi) is 6.14. The molecule has 1 saturated heterocycles. The number of aromatic nitrogens is 1. The van der Waals surface area contributed by atoms with Crippen LogP contribution in [0.3, 0.4) is 0 Å². The molecule has 154 valence electrons. The Morgan fingerprint density at radius 2 is 1.79 bits per heavy atom. The lowest BCUT2D eigenvalue weighted by molar-refractivity contribution is 0.0933. The van der Waals surface area contributed by atoms with Crippen LogP contribution < -0.4 is 10.9 Å². The summed E-state index contributed by atoms with van der Waals surface area (Å²) in [5.41, 5.74) is 2.33. The molecule has 29 heavy (non-hydrogen) atoms. The van der Waals surface area contributed by atoms with Crippen LogP contribution in [0.2, 0.25) is 0 Å². The predicted molar refractivity (Wildman–Crippen MR) is 115 cm³/mol. The van der Waals surface area contributed by atoms with Crippen molar-refractivity contribution < 1.29 is 4.79 Å². The van der Waals surface area contributed by atoms with Crippen molar-refractivity contribution in [2.24, 2.45) is 5.92 Å². The van der Waals surface area contributed by atoms with E-state index in [4.69, 9.17) is 0 Å². The molecule has 1 aliphatic heterocycles. The van der Waals surface area contributed by atoms with E-state index in [-0.39, 0.29) is 17.5 Å². The molecule has 1 saturated carbocycles. The Morgan fingerprint density at radius 1 is 1.07 bits per heavy atom. The van der Waals surface area contributed by atoms with Crippen molar-refractivity contribution in [3.63, 3.8) is 0 Å². The van der Waals surface area contributed by atoms with Crippen LogP contribution >= 0.6 is 0 Å². The molecule has 0 atom stereocenters. The summed E-state index contributed by atoms with van der Waals surface area (Å²) in [7, 11) is 0.